The van der Waals surface area contributed by atoms with Crippen LogP contribution in [0.25, 0.3) is 0 Å². The van der Waals surface area contributed by atoms with E-state index in [0.29, 0.717) is 32.1 Å². The number of ether oxygens (including phenoxy) is 2. The van der Waals surface area contributed by atoms with Crippen molar-refractivity contribution < 1.29 is 24.2 Å². The Morgan fingerprint density at radius 1 is 1.47 bits per heavy atom. The molecule has 0 radical (unpaired) electrons. The summed E-state index contributed by atoms with van der Waals surface area (Å²) in [6.07, 6.45) is -0.161. The number of rotatable bonds is 3. The lowest BCUT2D eigenvalue weighted by molar-refractivity contribution is -0.141. The van der Waals surface area contributed by atoms with Crippen LogP contribution in [0.3, 0.4) is 0 Å². The largest absolute Gasteiger partial charge is 0.480 e. The van der Waals surface area contributed by atoms with Crippen LogP contribution in [0, 0.1) is 0 Å². The number of carboxylic acids is 1. The predicted molar refractivity (Wildman–Crippen MR) is 69.1 cm³/mol. The van der Waals surface area contributed by atoms with Gasteiger partial charge in [0.2, 0.25) is 0 Å². The second kappa shape index (κ2) is 6.44. The molecular formula is C11H18N2O5S. The van der Waals surface area contributed by atoms with E-state index in [1.807, 2.05) is 6.92 Å². The van der Waals surface area contributed by atoms with Crippen LogP contribution < -0.4 is 5.32 Å². The van der Waals surface area contributed by atoms with Crippen molar-refractivity contribution in [2.75, 3.05) is 32.1 Å². The summed E-state index contributed by atoms with van der Waals surface area (Å²) in [6.45, 7) is 3.71. The van der Waals surface area contributed by atoms with Crippen molar-refractivity contribution in [1.82, 2.24) is 10.2 Å². The Morgan fingerprint density at radius 2 is 2.26 bits per heavy atom. The van der Waals surface area contributed by atoms with E-state index in [1.54, 1.807) is 0 Å². The Kier molecular flexibility index (Phi) is 4.89. The van der Waals surface area contributed by atoms with E-state index in [4.69, 9.17) is 14.6 Å². The molecular weight excluding hydrogens is 272 g/mol. The first-order valence-corrected chi connectivity index (χ1v) is 7.24. The molecule has 2 rings (SSSR count). The molecule has 0 aromatic heterocycles. The number of amides is 2. The summed E-state index contributed by atoms with van der Waals surface area (Å²) in [7, 11) is 0. The quantitative estimate of drug-likeness (QED) is 0.758. The molecule has 2 saturated heterocycles. The molecule has 2 N–H and O–H groups in total. The van der Waals surface area contributed by atoms with Crippen LogP contribution in [-0.4, -0.2) is 71.6 Å². The predicted octanol–water partition coefficient (Wildman–Crippen LogP) is -0.0406. The third-order valence-corrected chi connectivity index (χ3v) is 4.33. The van der Waals surface area contributed by atoms with Crippen molar-refractivity contribution in [3.63, 3.8) is 0 Å². The molecule has 0 saturated carbocycles. The molecule has 0 bridgehead atoms. The standard InChI is InChI=1S/C11H18N2O5S/c1-7-13(9(6-19-7)10(14)15)11(16)12-4-8-5-17-2-3-18-8/h7-9H,2-6H2,1H3,(H,12,16)(H,14,15). The van der Waals surface area contributed by atoms with Gasteiger partial charge in [-0.25, -0.2) is 9.59 Å². The molecule has 2 heterocycles. The number of carboxylic acid groups (broad SMARTS) is 1. The highest BCUT2D eigenvalue weighted by Gasteiger charge is 2.39. The van der Waals surface area contributed by atoms with Crippen molar-refractivity contribution in [2.24, 2.45) is 0 Å². The van der Waals surface area contributed by atoms with E-state index in [2.05, 4.69) is 5.32 Å². The lowest BCUT2D eigenvalue weighted by Crippen LogP contribution is -2.51. The number of aliphatic carboxylic acids is 1. The van der Waals surface area contributed by atoms with Gasteiger partial charge in [0, 0.05) is 12.3 Å². The number of hydrogen-bond acceptors (Lipinski definition) is 5. The molecule has 3 unspecified atom stereocenters. The van der Waals surface area contributed by atoms with Gasteiger partial charge in [-0.2, -0.15) is 0 Å². The van der Waals surface area contributed by atoms with Crippen LogP contribution in [0.15, 0.2) is 0 Å². The minimum Gasteiger partial charge on any atom is -0.480 e. The van der Waals surface area contributed by atoms with Gasteiger partial charge in [0.25, 0.3) is 0 Å². The van der Waals surface area contributed by atoms with Gasteiger partial charge in [-0.1, -0.05) is 0 Å². The number of nitrogens with one attached hydrogen (secondary N) is 1. The van der Waals surface area contributed by atoms with Gasteiger partial charge >= 0.3 is 12.0 Å². The van der Waals surface area contributed by atoms with Crippen molar-refractivity contribution in [3.8, 4) is 0 Å². The molecule has 3 atom stereocenters. The molecule has 108 valence electrons. The summed E-state index contributed by atoms with van der Waals surface area (Å²) >= 11 is 1.46. The lowest BCUT2D eigenvalue weighted by atomic mass is 10.3. The molecule has 8 heteroatoms. The first-order valence-electron chi connectivity index (χ1n) is 6.19. The molecule has 2 fully saturated rings. The summed E-state index contributed by atoms with van der Waals surface area (Å²) in [5, 5.41) is 11.7. The molecule has 0 aliphatic carbocycles. The Labute approximate surface area is 115 Å². The van der Waals surface area contributed by atoms with Gasteiger partial charge in [0.1, 0.15) is 6.04 Å². The van der Waals surface area contributed by atoms with Crippen LogP contribution in [0.1, 0.15) is 6.92 Å². The average Bonchev–Trinajstić information content (AvgIpc) is 2.79. The Hall–Kier alpha value is -0.990. The monoisotopic (exact) mass is 290 g/mol. The zero-order chi connectivity index (χ0) is 13.8. The summed E-state index contributed by atoms with van der Waals surface area (Å²) < 4.78 is 10.6. The fraction of sp³-hybridized carbons (Fsp3) is 0.818. The molecule has 2 amide bonds. The van der Waals surface area contributed by atoms with Crippen molar-refractivity contribution in [1.29, 1.82) is 0 Å². The Balaban J connectivity index is 1.85. The number of hydrogen-bond donors (Lipinski definition) is 2. The number of thioether (sulfide) groups is 1. The molecule has 7 nitrogen and oxygen atoms in total. The van der Waals surface area contributed by atoms with E-state index >= 15 is 0 Å². The fourth-order valence-corrected chi connectivity index (χ4v) is 3.26. The van der Waals surface area contributed by atoms with Crippen LogP contribution in [-0.2, 0) is 14.3 Å². The number of carbonyl (C=O) groups is 2. The van der Waals surface area contributed by atoms with Gasteiger partial charge in [0.05, 0.1) is 31.3 Å². The maximum absolute atomic E-state index is 12.1. The average molecular weight is 290 g/mol. The Bertz CT molecular complexity index is 348. The molecule has 19 heavy (non-hydrogen) atoms. The minimum absolute atomic E-state index is 0.135. The number of urea groups is 1. The highest BCUT2D eigenvalue weighted by atomic mass is 32.2. The highest BCUT2D eigenvalue weighted by molar-refractivity contribution is 8.00. The van der Waals surface area contributed by atoms with Crippen LogP contribution in [0.5, 0.6) is 0 Å². The fourth-order valence-electron chi connectivity index (χ4n) is 2.09. The summed E-state index contributed by atoms with van der Waals surface area (Å²) in [5.41, 5.74) is 0. The molecule has 2 aliphatic rings. The van der Waals surface area contributed by atoms with E-state index in [9.17, 15) is 9.59 Å². The maximum atomic E-state index is 12.1. The second-order valence-electron chi connectivity index (χ2n) is 4.45. The smallest absolute Gasteiger partial charge is 0.327 e. The summed E-state index contributed by atoms with van der Waals surface area (Å²) in [6, 6.07) is -1.12. The zero-order valence-corrected chi connectivity index (χ0v) is 11.5. The maximum Gasteiger partial charge on any atom is 0.327 e. The van der Waals surface area contributed by atoms with E-state index in [1.165, 1.54) is 16.7 Å². The van der Waals surface area contributed by atoms with Crippen LogP contribution in [0.4, 0.5) is 4.79 Å². The van der Waals surface area contributed by atoms with E-state index in [-0.39, 0.29) is 17.5 Å². The second-order valence-corrected chi connectivity index (χ2v) is 5.80. The van der Waals surface area contributed by atoms with Gasteiger partial charge in [-0.05, 0) is 6.92 Å². The summed E-state index contributed by atoms with van der Waals surface area (Å²) in [4.78, 5) is 24.5. The summed E-state index contributed by atoms with van der Waals surface area (Å²) in [5.74, 6) is -0.545. The lowest BCUT2D eigenvalue weighted by Gasteiger charge is -2.27. The molecule has 0 aromatic carbocycles. The zero-order valence-electron chi connectivity index (χ0n) is 10.7. The van der Waals surface area contributed by atoms with Gasteiger partial charge in [-0.15, -0.1) is 11.8 Å². The topological polar surface area (TPSA) is 88.1 Å². The number of nitrogens with zero attached hydrogens (tertiary/aromatic N) is 1. The van der Waals surface area contributed by atoms with Crippen molar-refractivity contribution in [3.05, 3.63) is 0 Å². The number of carbonyl (C=O) groups excluding carboxylic acids is 1. The third kappa shape index (κ3) is 3.52. The SMILES string of the molecule is CC1SCC(C(=O)O)N1C(=O)NCC1COCCO1. The van der Waals surface area contributed by atoms with Gasteiger partial charge < -0.3 is 19.9 Å². The van der Waals surface area contributed by atoms with Gasteiger partial charge in [-0.3, -0.25) is 4.90 Å². The van der Waals surface area contributed by atoms with Crippen LogP contribution in [0.2, 0.25) is 0 Å². The van der Waals surface area contributed by atoms with Crippen LogP contribution >= 0.6 is 11.8 Å². The minimum atomic E-state index is -0.968. The molecule has 0 aromatic rings. The van der Waals surface area contributed by atoms with Crippen molar-refractivity contribution >= 4 is 23.8 Å². The first-order chi connectivity index (χ1) is 9.09. The Morgan fingerprint density at radius 3 is 2.89 bits per heavy atom. The van der Waals surface area contributed by atoms with Crippen molar-refractivity contribution in [2.45, 2.75) is 24.4 Å². The van der Waals surface area contributed by atoms with E-state index < -0.39 is 12.0 Å². The third-order valence-electron chi connectivity index (χ3n) is 3.11. The molecule has 0 spiro atoms. The highest BCUT2D eigenvalue weighted by Crippen LogP contribution is 2.28. The molecule has 2 aliphatic heterocycles. The van der Waals surface area contributed by atoms with Gasteiger partial charge in [0.15, 0.2) is 0 Å². The first kappa shape index (κ1) is 14.4. The van der Waals surface area contributed by atoms with E-state index in [0.717, 1.165) is 0 Å². The normalized spacial score (nSPS) is 31.2.